The molecular formula is C15H23N3O2. The minimum absolute atomic E-state index is 0.0139. The van der Waals surface area contributed by atoms with E-state index in [9.17, 15) is 9.90 Å². The average Bonchev–Trinajstić information content (AvgIpc) is 2.46. The van der Waals surface area contributed by atoms with E-state index in [0.29, 0.717) is 12.1 Å². The molecule has 1 saturated heterocycles. The molecule has 1 amide bonds. The molecule has 0 spiro atoms. The molecule has 0 aliphatic carbocycles. The summed E-state index contributed by atoms with van der Waals surface area (Å²) in [5.41, 5.74) is 1.56. The zero-order valence-corrected chi connectivity index (χ0v) is 12.2. The summed E-state index contributed by atoms with van der Waals surface area (Å²) in [4.78, 5) is 18.7. The highest BCUT2D eigenvalue weighted by atomic mass is 16.3. The van der Waals surface area contributed by atoms with Crippen molar-refractivity contribution in [2.24, 2.45) is 0 Å². The summed E-state index contributed by atoms with van der Waals surface area (Å²) in [6, 6.07) is 3.65. The highest BCUT2D eigenvalue weighted by molar-refractivity contribution is 5.95. The van der Waals surface area contributed by atoms with Crippen LogP contribution in [0.3, 0.4) is 0 Å². The number of carbonyl (C=O) groups excluding carboxylic acids is 1. The number of hydrogen-bond acceptors (Lipinski definition) is 4. The van der Waals surface area contributed by atoms with Gasteiger partial charge < -0.3 is 15.3 Å². The highest BCUT2D eigenvalue weighted by Gasteiger charge is 2.23. The van der Waals surface area contributed by atoms with Crippen LogP contribution in [0.1, 0.15) is 42.7 Å². The lowest BCUT2D eigenvalue weighted by Crippen LogP contribution is -2.42. The fraction of sp³-hybridized carbons (Fsp3) is 0.600. The van der Waals surface area contributed by atoms with Crippen LogP contribution >= 0.6 is 0 Å². The van der Waals surface area contributed by atoms with E-state index < -0.39 is 6.10 Å². The van der Waals surface area contributed by atoms with Gasteiger partial charge in [-0.3, -0.25) is 4.79 Å². The van der Waals surface area contributed by atoms with Crippen molar-refractivity contribution < 1.29 is 9.90 Å². The molecule has 2 heterocycles. The fourth-order valence-corrected chi connectivity index (χ4v) is 2.49. The quantitative estimate of drug-likeness (QED) is 0.878. The number of piperidine rings is 1. The molecule has 5 nitrogen and oxygen atoms in total. The van der Waals surface area contributed by atoms with E-state index in [1.165, 1.54) is 0 Å². The predicted octanol–water partition coefficient (Wildman–Crippen LogP) is 1.67. The maximum Gasteiger partial charge on any atom is 0.254 e. The molecule has 110 valence electrons. The summed E-state index contributed by atoms with van der Waals surface area (Å²) in [6.07, 6.45) is 2.04. The first-order chi connectivity index (χ1) is 9.63. The summed E-state index contributed by atoms with van der Waals surface area (Å²) in [5.74, 6) is 0.729. The Morgan fingerprint density at radius 3 is 2.95 bits per heavy atom. The zero-order chi connectivity index (χ0) is 14.5. The number of β-amino-alcohol motifs (C(OH)–C–C–N with tert-alkyl or cyclic N) is 1. The third-order valence-corrected chi connectivity index (χ3v) is 3.53. The van der Waals surface area contributed by atoms with Crippen molar-refractivity contribution in [1.29, 1.82) is 0 Å². The average molecular weight is 277 g/mol. The van der Waals surface area contributed by atoms with Gasteiger partial charge in [-0.05, 0) is 38.3 Å². The first kappa shape index (κ1) is 14.8. The predicted molar refractivity (Wildman–Crippen MR) is 78.9 cm³/mol. The van der Waals surface area contributed by atoms with Crippen molar-refractivity contribution in [3.63, 3.8) is 0 Å². The van der Waals surface area contributed by atoms with Gasteiger partial charge in [-0.25, -0.2) is 4.98 Å². The lowest BCUT2D eigenvalue weighted by atomic mass is 10.1. The molecule has 1 atom stereocenters. The van der Waals surface area contributed by atoms with E-state index in [4.69, 9.17) is 0 Å². The summed E-state index contributed by atoms with van der Waals surface area (Å²) < 4.78 is 0. The van der Waals surface area contributed by atoms with Crippen molar-refractivity contribution >= 4 is 11.7 Å². The molecule has 1 unspecified atom stereocenters. The number of hydrogen-bond donors (Lipinski definition) is 2. The van der Waals surface area contributed by atoms with Gasteiger partial charge in [0.2, 0.25) is 0 Å². The van der Waals surface area contributed by atoms with Crippen LogP contribution in [0.2, 0.25) is 0 Å². The van der Waals surface area contributed by atoms with Crippen LogP contribution in [0, 0.1) is 0 Å². The van der Waals surface area contributed by atoms with Gasteiger partial charge >= 0.3 is 0 Å². The van der Waals surface area contributed by atoms with Crippen molar-refractivity contribution in [2.75, 3.05) is 25.0 Å². The Bertz CT molecular complexity index is 476. The van der Waals surface area contributed by atoms with E-state index >= 15 is 0 Å². The number of aryl methyl sites for hydroxylation is 1. The Hall–Kier alpha value is -1.62. The number of nitrogens with one attached hydrogen (secondary N) is 1. The third-order valence-electron chi connectivity index (χ3n) is 3.53. The van der Waals surface area contributed by atoms with Crippen LogP contribution in [0.25, 0.3) is 0 Å². The molecule has 5 heteroatoms. The smallest absolute Gasteiger partial charge is 0.254 e. The Morgan fingerprint density at radius 2 is 2.30 bits per heavy atom. The molecule has 1 aliphatic rings. The summed E-state index contributed by atoms with van der Waals surface area (Å²) in [5, 5.41) is 12.9. The topological polar surface area (TPSA) is 65.5 Å². The highest BCUT2D eigenvalue weighted by Crippen LogP contribution is 2.17. The van der Waals surface area contributed by atoms with Gasteiger partial charge in [0.15, 0.2) is 0 Å². The number of likely N-dealkylation sites (tertiary alicyclic amines) is 1. The van der Waals surface area contributed by atoms with Gasteiger partial charge in [-0.15, -0.1) is 0 Å². The maximum absolute atomic E-state index is 12.5. The van der Waals surface area contributed by atoms with Crippen molar-refractivity contribution in [2.45, 2.75) is 39.2 Å². The number of aromatic nitrogens is 1. The minimum Gasteiger partial charge on any atom is -0.391 e. The molecule has 1 aromatic rings. The number of rotatable bonds is 4. The van der Waals surface area contributed by atoms with Crippen LogP contribution in [0.15, 0.2) is 12.1 Å². The molecule has 0 bridgehead atoms. The second-order valence-electron chi connectivity index (χ2n) is 5.16. The number of nitrogens with zero attached hydrogens (tertiary/aromatic N) is 2. The number of carbonyl (C=O) groups is 1. The number of aliphatic hydroxyl groups excluding tert-OH is 1. The van der Waals surface area contributed by atoms with Crippen molar-refractivity contribution in [1.82, 2.24) is 9.88 Å². The number of pyridine rings is 1. The van der Waals surface area contributed by atoms with Crippen molar-refractivity contribution in [3.8, 4) is 0 Å². The standard InChI is InChI=1S/C15H23N3O2/c1-3-12-8-11(9-14(17-12)16-4-2)15(20)18-7-5-6-13(19)10-18/h8-9,13,19H,3-7,10H2,1-2H3,(H,16,17). The Labute approximate surface area is 120 Å². The van der Waals surface area contributed by atoms with Crippen LogP contribution in [0.5, 0.6) is 0 Å². The van der Waals surface area contributed by atoms with Crippen molar-refractivity contribution in [3.05, 3.63) is 23.4 Å². The molecule has 1 fully saturated rings. The summed E-state index contributed by atoms with van der Waals surface area (Å²) >= 11 is 0. The monoisotopic (exact) mass is 277 g/mol. The zero-order valence-electron chi connectivity index (χ0n) is 12.2. The largest absolute Gasteiger partial charge is 0.391 e. The summed E-state index contributed by atoms with van der Waals surface area (Å²) in [7, 11) is 0. The molecule has 0 saturated carbocycles. The van der Waals surface area contributed by atoms with E-state index in [1.54, 1.807) is 11.0 Å². The molecule has 2 N–H and O–H groups in total. The first-order valence-electron chi connectivity index (χ1n) is 7.36. The van der Waals surface area contributed by atoms with E-state index in [2.05, 4.69) is 10.3 Å². The molecule has 1 aliphatic heterocycles. The van der Waals surface area contributed by atoms with Crippen LogP contribution < -0.4 is 5.32 Å². The van der Waals surface area contributed by atoms with Crippen LogP contribution in [-0.2, 0) is 6.42 Å². The summed E-state index contributed by atoms with van der Waals surface area (Å²) in [6.45, 7) is 5.95. The number of amides is 1. The van der Waals surface area contributed by atoms with E-state index in [-0.39, 0.29) is 5.91 Å². The molecular weight excluding hydrogens is 254 g/mol. The Morgan fingerprint density at radius 1 is 1.50 bits per heavy atom. The number of aliphatic hydroxyl groups is 1. The van der Waals surface area contributed by atoms with Gasteiger partial charge in [0, 0.05) is 30.9 Å². The van der Waals surface area contributed by atoms with Gasteiger partial charge in [-0.1, -0.05) is 6.92 Å². The molecule has 1 aromatic heterocycles. The maximum atomic E-state index is 12.5. The molecule has 20 heavy (non-hydrogen) atoms. The van der Waals surface area contributed by atoms with Gasteiger partial charge in [0.25, 0.3) is 5.91 Å². The normalized spacial score (nSPS) is 18.9. The first-order valence-corrected chi connectivity index (χ1v) is 7.36. The second-order valence-corrected chi connectivity index (χ2v) is 5.16. The lowest BCUT2D eigenvalue weighted by Gasteiger charge is -2.30. The second kappa shape index (κ2) is 6.70. The molecule has 0 radical (unpaired) electrons. The fourth-order valence-electron chi connectivity index (χ4n) is 2.49. The third kappa shape index (κ3) is 3.48. The van der Waals surface area contributed by atoms with Gasteiger partial charge in [-0.2, -0.15) is 0 Å². The molecule has 0 aromatic carbocycles. The van der Waals surface area contributed by atoms with Gasteiger partial charge in [0.1, 0.15) is 5.82 Å². The van der Waals surface area contributed by atoms with E-state index in [1.807, 2.05) is 19.9 Å². The van der Waals surface area contributed by atoms with Gasteiger partial charge in [0.05, 0.1) is 6.10 Å². The lowest BCUT2D eigenvalue weighted by molar-refractivity contribution is 0.0473. The SMILES string of the molecule is CCNc1cc(C(=O)N2CCCC(O)C2)cc(CC)n1. The Kier molecular flexibility index (Phi) is 4.95. The van der Waals surface area contributed by atoms with E-state index in [0.717, 1.165) is 43.9 Å². The van der Waals surface area contributed by atoms with Crippen LogP contribution in [-0.4, -0.2) is 46.6 Å². The Balaban J connectivity index is 2.21. The van der Waals surface area contributed by atoms with Crippen LogP contribution in [0.4, 0.5) is 5.82 Å². The minimum atomic E-state index is -0.395. The number of anilines is 1. The molecule has 2 rings (SSSR count).